The van der Waals surface area contributed by atoms with Gasteiger partial charge in [0.05, 0.1) is 28.2 Å². The van der Waals surface area contributed by atoms with Crippen molar-refractivity contribution >= 4 is 40.7 Å². The number of piperidine rings is 1. The maximum Gasteiger partial charge on any atom is 0.270 e. The van der Waals surface area contributed by atoms with E-state index in [0.717, 1.165) is 11.3 Å². The molecule has 3 amide bonds. The molecule has 2 saturated heterocycles. The van der Waals surface area contributed by atoms with Gasteiger partial charge in [0.15, 0.2) is 0 Å². The molecule has 5 rings (SSSR count). The molecule has 2 heterocycles. The van der Waals surface area contributed by atoms with Crippen LogP contribution in [0.2, 0.25) is 5.02 Å². The molecule has 2 aliphatic rings. The number of benzene rings is 3. The van der Waals surface area contributed by atoms with Gasteiger partial charge < -0.3 is 20.0 Å². The highest BCUT2D eigenvalue weighted by molar-refractivity contribution is 6.34. The Kier molecular flexibility index (Phi) is 7.94. The van der Waals surface area contributed by atoms with Crippen LogP contribution in [0, 0.1) is 10.1 Å². The van der Waals surface area contributed by atoms with Crippen LogP contribution in [0.3, 0.4) is 0 Å². The van der Waals surface area contributed by atoms with E-state index in [-0.39, 0.29) is 66.3 Å². The summed E-state index contributed by atoms with van der Waals surface area (Å²) in [6.45, 7) is 2.64. The summed E-state index contributed by atoms with van der Waals surface area (Å²) in [5.41, 5.74) is 0.905. The third kappa shape index (κ3) is 5.60. The van der Waals surface area contributed by atoms with Crippen molar-refractivity contribution < 1.29 is 19.3 Å². The largest absolute Gasteiger partial charge is 0.348 e. The number of amides is 3. The van der Waals surface area contributed by atoms with Crippen LogP contribution in [0.1, 0.15) is 41.7 Å². The van der Waals surface area contributed by atoms with Gasteiger partial charge >= 0.3 is 0 Å². The number of anilines is 1. The van der Waals surface area contributed by atoms with Gasteiger partial charge in [-0.15, -0.1) is 0 Å². The van der Waals surface area contributed by atoms with E-state index in [9.17, 15) is 24.5 Å². The van der Waals surface area contributed by atoms with E-state index in [1.807, 2.05) is 72.5 Å². The van der Waals surface area contributed by atoms with Crippen LogP contribution < -0.4 is 10.2 Å². The Balaban J connectivity index is 1.32. The van der Waals surface area contributed by atoms with Crippen LogP contribution in [0.4, 0.5) is 11.4 Å². The molecule has 1 atom stereocenters. The highest BCUT2D eigenvalue weighted by Gasteiger charge is 2.54. The van der Waals surface area contributed by atoms with Gasteiger partial charge in [-0.05, 0) is 43.5 Å². The van der Waals surface area contributed by atoms with Crippen LogP contribution >= 0.6 is 11.6 Å². The normalized spacial score (nSPS) is 17.0. The summed E-state index contributed by atoms with van der Waals surface area (Å²) in [5.74, 6) is -0.743. The molecule has 1 unspecified atom stereocenters. The van der Waals surface area contributed by atoms with Crippen molar-refractivity contribution in [1.29, 1.82) is 0 Å². The van der Waals surface area contributed by atoms with Crippen LogP contribution in [0.5, 0.6) is 0 Å². The molecule has 3 aromatic carbocycles. The molecule has 1 spiro atoms. The zero-order valence-corrected chi connectivity index (χ0v) is 23.3. The molecule has 2 aliphatic heterocycles. The Morgan fingerprint density at radius 3 is 2.27 bits per heavy atom. The Morgan fingerprint density at radius 2 is 1.66 bits per heavy atom. The number of nitrogens with zero attached hydrogens (tertiary/aromatic N) is 4. The first-order chi connectivity index (χ1) is 19.7. The molecule has 41 heavy (non-hydrogen) atoms. The van der Waals surface area contributed by atoms with Gasteiger partial charge in [0.25, 0.3) is 17.5 Å². The Morgan fingerprint density at radius 1 is 1.02 bits per heavy atom. The monoisotopic (exact) mass is 575 g/mol. The number of nitrogens with one attached hydrogen (secondary N) is 1. The molecule has 3 aromatic rings. The number of non-ortho nitro benzene ring substituents is 1. The van der Waals surface area contributed by atoms with Gasteiger partial charge in [0, 0.05) is 30.9 Å². The zero-order chi connectivity index (χ0) is 29.1. The first kappa shape index (κ1) is 28.1. The third-order valence-electron chi connectivity index (χ3n) is 7.87. The molecule has 212 valence electrons. The number of halogens is 1. The lowest BCUT2D eigenvalue weighted by molar-refractivity contribution is -0.384. The van der Waals surface area contributed by atoms with Gasteiger partial charge in [0.2, 0.25) is 5.91 Å². The molecule has 11 heteroatoms. The summed E-state index contributed by atoms with van der Waals surface area (Å²) < 4.78 is 0. The average molecular weight is 576 g/mol. The van der Waals surface area contributed by atoms with Crippen LogP contribution in [0.25, 0.3) is 0 Å². The fourth-order valence-corrected chi connectivity index (χ4v) is 5.90. The average Bonchev–Trinajstić information content (AvgIpc) is 3.24. The van der Waals surface area contributed by atoms with Gasteiger partial charge in [0.1, 0.15) is 12.1 Å². The predicted octanol–water partition coefficient (Wildman–Crippen LogP) is 4.41. The molecule has 0 aliphatic carbocycles. The Hall–Kier alpha value is -4.44. The van der Waals surface area contributed by atoms with E-state index in [2.05, 4.69) is 5.32 Å². The number of carbonyl (C=O) groups excluding carboxylic acids is 3. The molecule has 10 nitrogen and oxygen atoms in total. The first-order valence-corrected chi connectivity index (χ1v) is 13.8. The van der Waals surface area contributed by atoms with Crippen molar-refractivity contribution in [2.24, 2.45) is 0 Å². The number of hydrogen-bond donors (Lipinski definition) is 1. The predicted molar refractivity (Wildman–Crippen MR) is 154 cm³/mol. The quantitative estimate of drug-likeness (QED) is 0.330. The molecule has 0 radical (unpaired) electrons. The van der Waals surface area contributed by atoms with Crippen LogP contribution in [-0.2, 0) is 9.59 Å². The highest BCUT2D eigenvalue weighted by Crippen LogP contribution is 2.40. The first-order valence-electron chi connectivity index (χ1n) is 13.4. The van der Waals surface area contributed by atoms with E-state index in [0.29, 0.717) is 12.8 Å². The topological polar surface area (TPSA) is 116 Å². The van der Waals surface area contributed by atoms with E-state index in [1.165, 1.54) is 18.2 Å². The number of para-hydroxylation sites is 1. The van der Waals surface area contributed by atoms with Gasteiger partial charge in [-0.2, -0.15) is 0 Å². The fraction of sp³-hybridized carbons (Fsp3) is 0.300. The number of likely N-dealkylation sites (tertiary alicyclic amines) is 1. The molecule has 0 aromatic heterocycles. The fourth-order valence-electron chi connectivity index (χ4n) is 5.65. The minimum atomic E-state index is -0.914. The standard InChI is InChI=1S/C30H30ClN5O5/c1-21(22-8-4-2-5-9-22)32-27(37)19-34-20-35(23-10-6-3-7-11-23)30(29(34)39)14-16-33(17-15-30)28(38)25-13-12-24(36(40)41)18-26(25)31/h2-13,18,21H,14-17,19-20H2,1H3,(H,32,37). The van der Waals surface area contributed by atoms with Gasteiger partial charge in [-0.25, -0.2) is 0 Å². The lowest BCUT2D eigenvalue weighted by atomic mass is 9.85. The maximum atomic E-state index is 14.0. The zero-order valence-electron chi connectivity index (χ0n) is 22.5. The maximum absolute atomic E-state index is 14.0. The number of nitro benzene ring substituents is 1. The Bertz CT molecular complexity index is 1460. The molecular weight excluding hydrogens is 546 g/mol. The summed E-state index contributed by atoms with van der Waals surface area (Å²) in [4.78, 5) is 56.0. The minimum Gasteiger partial charge on any atom is -0.348 e. The summed E-state index contributed by atoms with van der Waals surface area (Å²) >= 11 is 6.22. The summed E-state index contributed by atoms with van der Waals surface area (Å²) in [6, 6.07) is 22.8. The van der Waals surface area contributed by atoms with Crippen LogP contribution in [-0.4, -0.2) is 64.3 Å². The second kappa shape index (κ2) is 11.6. The van der Waals surface area contributed by atoms with E-state index in [4.69, 9.17) is 11.6 Å². The molecular formula is C30H30ClN5O5. The molecule has 0 saturated carbocycles. The lowest BCUT2D eigenvalue weighted by Gasteiger charge is -2.43. The van der Waals surface area contributed by atoms with Crippen molar-refractivity contribution in [2.75, 3.05) is 31.2 Å². The number of carbonyl (C=O) groups is 3. The van der Waals surface area contributed by atoms with Crippen molar-refractivity contribution in [3.63, 3.8) is 0 Å². The SMILES string of the molecule is CC(NC(=O)CN1CN(c2ccccc2)C2(CCN(C(=O)c3ccc([N+](=O)[O-])cc3Cl)CC2)C1=O)c1ccccc1. The lowest BCUT2D eigenvalue weighted by Crippen LogP contribution is -2.57. The van der Waals surface area contributed by atoms with E-state index < -0.39 is 10.5 Å². The Labute approximate surface area is 242 Å². The summed E-state index contributed by atoms with van der Waals surface area (Å²) in [7, 11) is 0. The number of nitro groups is 1. The number of rotatable bonds is 7. The van der Waals surface area contributed by atoms with Crippen LogP contribution in [0.15, 0.2) is 78.9 Å². The van der Waals surface area contributed by atoms with E-state index in [1.54, 1.807) is 9.80 Å². The second-order valence-corrected chi connectivity index (χ2v) is 10.8. The van der Waals surface area contributed by atoms with Crippen molar-refractivity contribution in [3.05, 3.63) is 105 Å². The smallest absolute Gasteiger partial charge is 0.270 e. The molecule has 0 bridgehead atoms. The number of hydrogen-bond acceptors (Lipinski definition) is 6. The minimum absolute atomic E-state index is 0.00857. The van der Waals surface area contributed by atoms with Crippen molar-refractivity contribution in [2.45, 2.75) is 31.3 Å². The van der Waals surface area contributed by atoms with Gasteiger partial charge in [-0.3, -0.25) is 24.5 Å². The van der Waals surface area contributed by atoms with Crippen molar-refractivity contribution in [3.8, 4) is 0 Å². The highest BCUT2D eigenvalue weighted by atomic mass is 35.5. The third-order valence-corrected chi connectivity index (χ3v) is 8.18. The summed E-state index contributed by atoms with van der Waals surface area (Å²) in [6.07, 6.45) is 0.714. The molecule has 2 fully saturated rings. The second-order valence-electron chi connectivity index (χ2n) is 10.4. The molecule has 1 N–H and O–H groups in total. The van der Waals surface area contributed by atoms with Crippen molar-refractivity contribution in [1.82, 2.24) is 15.1 Å². The summed E-state index contributed by atoms with van der Waals surface area (Å²) in [5, 5.41) is 14.1. The van der Waals surface area contributed by atoms with E-state index >= 15 is 0 Å². The van der Waals surface area contributed by atoms with Gasteiger partial charge in [-0.1, -0.05) is 60.1 Å².